The number of carbonyl (C=O) groups is 2. The Morgan fingerprint density at radius 2 is 1.76 bits per heavy atom. The van der Waals surface area contributed by atoms with E-state index in [0.717, 1.165) is 11.1 Å². The summed E-state index contributed by atoms with van der Waals surface area (Å²) >= 11 is 0. The number of fused-ring (bicyclic) bond motifs is 1. The summed E-state index contributed by atoms with van der Waals surface area (Å²) in [4.78, 5) is 37.9. The summed E-state index contributed by atoms with van der Waals surface area (Å²) < 4.78 is 16.6. The van der Waals surface area contributed by atoms with Crippen LogP contribution in [0.2, 0.25) is 0 Å². The first kappa shape index (κ1) is 25.0. The third kappa shape index (κ3) is 6.04. The van der Waals surface area contributed by atoms with E-state index in [2.05, 4.69) is 5.32 Å². The van der Waals surface area contributed by atoms with Gasteiger partial charge in [0.05, 0.1) is 5.39 Å². The van der Waals surface area contributed by atoms with E-state index >= 15 is 0 Å². The molecule has 0 saturated carbocycles. The zero-order valence-electron chi connectivity index (χ0n) is 20.5. The predicted octanol–water partition coefficient (Wildman–Crippen LogP) is 5.21. The maximum Gasteiger partial charge on any atom is 0.408 e. The average Bonchev–Trinajstić information content (AvgIpc) is 2.73. The Morgan fingerprint density at radius 1 is 1.09 bits per heavy atom. The van der Waals surface area contributed by atoms with E-state index in [4.69, 9.17) is 13.9 Å². The van der Waals surface area contributed by atoms with Gasteiger partial charge >= 0.3 is 17.7 Å². The molecule has 1 amide bonds. The molecule has 1 atom stereocenters. The minimum absolute atomic E-state index is 0.278. The van der Waals surface area contributed by atoms with Crippen LogP contribution in [0, 0.1) is 13.8 Å². The monoisotopic (exact) mass is 465 g/mol. The van der Waals surface area contributed by atoms with Crippen LogP contribution in [0.15, 0.2) is 51.7 Å². The van der Waals surface area contributed by atoms with Crippen molar-refractivity contribution in [3.63, 3.8) is 0 Å². The number of alkyl carbamates (subject to hydrolysis) is 1. The molecule has 0 fully saturated rings. The number of hydrogen-bond acceptors (Lipinski definition) is 6. The van der Waals surface area contributed by atoms with Crippen LogP contribution in [-0.2, 0) is 16.0 Å². The first-order valence-electron chi connectivity index (χ1n) is 11.3. The van der Waals surface area contributed by atoms with Crippen LogP contribution in [0.1, 0.15) is 56.4 Å². The van der Waals surface area contributed by atoms with E-state index in [1.165, 1.54) is 0 Å². The summed E-state index contributed by atoms with van der Waals surface area (Å²) in [7, 11) is 0. The highest BCUT2D eigenvalue weighted by atomic mass is 16.6. The molecule has 34 heavy (non-hydrogen) atoms. The number of ether oxygens (including phenoxy) is 2. The molecule has 0 bridgehead atoms. The van der Waals surface area contributed by atoms with Crippen LogP contribution in [0.4, 0.5) is 4.79 Å². The normalized spacial score (nSPS) is 12.3. The topological polar surface area (TPSA) is 94.8 Å². The molecule has 180 valence electrons. The van der Waals surface area contributed by atoms with Crippen molar-refractivity contribution < 1.29 is 23.5 Å². The summed E-state index contributed by atoms with van der Waals surface area (Å²) in [5, 5.41) is 3.12. The highest BCUT2D eigenvalue weighted by Gasteiger charge is 2.26. The zero-order valence-corrected chi connectivity index (χ0v) is 20.5. The highest BCUT2D eigenvalue weighted by molar-refractivity contribution is 5.92. The Balaban J connectivity index is 1.96. The van der Waals surface area contributed by atoms with Crippen LogP contribution < -0.4 is 15.7 Å². The summed E-state index contributed by atoms with van der Waals surface area (Å²) in [6.07, 6.45) is 0.0109. The second kappa shape index (κ2) is 10.1. The van der Waals surface area contributed by atoms with Crippen molar-refractivity contribution in [1.82, 2.24) is 5.32 Å². The third-order valence-corrected chi connectivity index (χ3v) is 5.31. The zero-order chi connectivity index (χ0) is 25.0. The predicted molar refractivity (Wildman–Crippen MR) is 130 cm³/mol. The minimum Gasteiger partial charge on any atom is -0.444 e. The molecule has 1 unspecified atom stereocenters. The lowest BCUT2D eigenvalue weighted by Crippen LogP contribution is -2.44. The van der Waals surface area contributed by atoms with E-state index in [-0.39, 0.29) is 5.75 Å². The smallest absolute Gasteiger partial charge is 0.408 e. The van der Waals surface area contributed by atoms with E-state index in [9.17, 15) is 14.4 Å². The Kier molecular flexibility index (Phi) is 7.44. The maximum absolute atomic E-state index is 13.0. The number of amides is 1. The van der Waals surface area contributed by atoms with Gasteiger partial charge in [0.15, 0.2) is 0 Å². The lowest BCUT2D eigenvalue weighted by molar-refractivity contribution is -0.136. The van der Waals surface area contributed by atoms with Gasteiger partial charge < -0.3 is 19.2 Å². The van der Waals surface area contributed by atoms with E-state index in [0.29, 0.717) is 34.9 Å². The van der Waals surface area contributed by atoms with Crippen LogP contribution in [-0.4, -0.2) is 23.7 Å². The molecule has 3 aromatic rings. The largest absolute Gasteiger partial charge is 0.444 e. The number of nitrogens with one attached hydrogen (secondary N) is 1. The second-order valence-electron chi connectivity index (χ2n) is 9.32. The summed E-state index contributed by atoms with van der Waals surface area (Å²) in [6.45, 7) is 10.6. The van der Waals surface area contributed by atoms with Crippen LogP contribution in [0.25, 0.3) is 11.0 Å². The van der Waals surface area contributed by atoms with Crippen molar-refractivity contribution in [2.45, 2.75) is 66.0 Å². The first-order valence-corrected chi connectivity index (χ1v) is 11.3. The van der Waals surface area contributed by atoms with Crippen molar-refractivity contribution in [1.29, 1.82) is 0 Å². The second-order valence-corrected chi connectivity index (χ2v) is 9.32. The van der Waals surface area contributed by atoms with Gasteiger partial charge in [-0.3, -0.25) is 0 Å². The molecule has 7 nitrogen and oxygen atoms in total. The van der Waals surface area contributed by atoms with Crippen molar-refractivity contribution in [3.8, 4) is 5.75 Å². The van der Waals surface area contributed by atoms with E-state index in [1.807, 2.05) is 44.2 Å². The fraction of sp³-hybridized carbons (Fsp3) is 0.370. The molecule has 2 aromatic carbocycles. The Labute approximate surface area is 199 Å². The number of rotatable bonds is 6. The number of hydrogen-bond donors (Lipinski definition) is 1. The standard InChI is InChI=1S/C27H31NO6/c1-7-20(28-26(31)34-27(4,5)6)25(30)33-22-14-16(2)13-21-23(22)17(3)19(24(29)32-21)15-18-11-9-8-10-12-18/h8-14,20H,7,15H2,1-6H3,(H,28,31). The molecule has 1 heterocycles. The van der Waals surface area contributed by atoms with Gasteiger partial charge in [-0.15, -0.1) is 0 Å². The molecule has 7 heteroatoms. The summed E-state index contributed by atoms with van der Waals surface area (Å²) in [5.41, 5.74) is 2.15. The molecule has 0 aliphatic heterocycles. The highest BCUT2D eigenvalue weighted by Crippen LogP contribution is 2.32. The quantitative estimate of drug-likeness (QED) is 0.305. The SMILES string of the molecule is CCC(NC(=O)OC(C)(C)C)C(=O)Oc1cc(C)cc2oc(=O)c(Cc3ccccc3)c(C)c12. The molecule has 0 saturated heterocycles. The van der Waals surface area contributed by atoms with Gasteiger partial charge in [-0.1, -0.05) is 37.3 Å². The van der Waals surface area contributed by atoms with Crippen molar-refractivity contribution >= 4 is 23.0 Å². The van der Waals surface area contributed by atoms with Crippen molar-refractivity contribution in [2.24, 2.45) is 0 Å². The van der Waals surface area contributed by atoms with Gasteiger partial charge in [0.2, 0.25) is 0 Å². The van der Waals surface area contributed by atoms with Crippen molar-refractivity contribution in [3.05, 3.63) is 75.1 Å². The maximum atomic E-state index is 13.0. The molecule has 3 rings (SSSR count). The van der Waals surface area contributed by atoms with E-state index < -0.39 is 29.3 Å². The lowest BCUT2D eigenvalue weighted by Gasteiger charge is -2.22. The third-order valence-electron chi connectivity index (χ3n) is 5.31. The fourth-order valence-corrected chi connectivity index (χ4v) is 3.68. The van der Waals surface area contributed by atoms with Gasteiger partial charge in [0.1, 0.15) is 23.0 Å². The average molecular weight is 466 g/mol. The summed E-state index contributed by atoms with van der Waals surface area (Å²) in [5.74, 6) is -0.351. The molecule has 0 aliphatic carbocycles. The molecule has 0 radical (unpaired) electrons. The lowest BCUT2D eigenvalue weighted by atomic mass is 9.98. The number of benzene rings is 2. The first-order chi connectivity index (χ1) is 16.0. The number of aryl methyl sites for hydroxylation is 2. The van der Waals surface area contributed by atoms with Crippen LogP contribution >= 0.6 is 0 Å². The Bertz CT molecular complexity index is 1250. The molecule has 1 aromatic heterocycles. The van der Waals surface area contributed by atoms with Gasteiger partial charge in [-0.25, -0.2) is 14.4 Å². The Hall–Kier alpha value is -3.61. The number of esters is 1. The molecular weight excluding hydrogens is 434 g/mol. The number of carbonyl (C=O) groups excluding carboxylic acids is 2. The molecule has 1 N–H and O–H groups in total. The Morgan fingerprint density at radius 3 is 2.38 bits per heavy atom. The minimum atomic E-state index is -0.898. The van der Waals surface area contributed by atoms with Crippen LogP contribution in [0.3, 0.4) is 0 Å². The van der Waals surface area contributed by atoms with Crippen LogP contribution in [0.5, 0.6) is 5.75 Å². The molecule has 0 aliphatic rings. The van der Waals surface area contributed by atoms with E-state index in [1.54, 1.807) is 39.8 Å². The van der Waals surface area contributed by atoms with Gasteiger partial charge in [-0.2, -0.15) is 0 Å². The molecule has 0 spiro atoms. The fourth-order valence-electron chi connectivity index (χ4n) is 3.68. The van der Waals surface area contributed by atoms with Gasteiger partial charge in [0.25, 0.3) is 0 Å². The van der Waals surface area contributed by atoms with Gasteiger partial charge in [0, 0.05) is 12.0 Å². The van der Waals surface area contributed by atoms with Gasteiger partial charge in [-0.05, 0) is 69.9 Å². The summed E-state index contributed by atoms with van der Waals surface area (Å²) in [6, 6.07) is 12.2. The molecular formula is C27H31NO6. The van der Waals surface area contributed by atoms with Crippen molar-refractivity contribution in [2.75, 3.05) is 0 Å².